The summed E-state index contributed by atoms with van der Waals surface area (Å²) in [6.07, 6.45) is 2.30. The Hall–Kier alpha value is -0.730. The SMILES string of the molecule is CCNCC1CCc2cccc(Cl)c2N1. The molecule has 2 nitrogen and oxygen atoms in total. The van der Waals surface area contributed by atoms with Crippen molar-refractivity contribution in [2.24, 2.45) is 0 Å². The predicted octanol–water partition coefficient (Wildman–Crippen LogP) is 2.68. The molecule has 3 heteroatoms. The van der Waals surface area contributed by atoms with Crippen LogP contribution in [0.1, 0.15) is 18.9 Å². The molecule has 1 unspecified atom stereocenters. The molecule has 0 saturated carbocycles. The number of fused-ring (bicyclic) bond motifs is 1. The molecule has 1 heterocycles. The van der Waals surface area contributed by atoms with Crippen molar-refractivity contribution in [1.82, 2.24) is 5.32 Å². The minimum atomic E-state index is 0.511. The van der Waals surface area contributed by atoms with E-state index < -0.39 is 0 Å². The second-order valence-electron chi connectivity index (χ2n) is 3.96. The first-order valence-electron chi connectivity index (χ1n) is 5.56. The van der Waals surface area contributed by atoms with E-state index in [1.807, 2.05) is 12.1 Å². The molecule has 0 radical (unpaired) electrons. The number of para-hydroxylation sites is 1. The molecule has 0 fully saturated rings. The third kappa shape index (κ3) is 2.44. The van der Waals surface area contributed by atoms with Crippen molar-refractivity contribution in [3.63, 3.8) is 0 Å². The largest absolute Gasteiger partial charge is 0.380 e. The van der Waals surface area contributed by atoms with Crippen molar-refractivity contribution < 1.29 is 0 Å². The fourth-order valence-corrected chi connectivity index (χ4v) is 2.27. The van der Waals surface area contributed by atoms with Crippen LogP contribution in [0.15, 0.2) is 18.2 Å². The molecule has 0 bridgehead atoms. The number of rotatable bonds is 3. The first-order chi connectivity index (χ1) is 7.31. The van der Waals surface area contributed by atoms with Gasteiger partial charge < -0.3 is 10.6 Å². The van der Waals surface area contributed by atoms with E-state index in [0.29, 0.717) is 6.04 Å². The maximum Gasteiger partial charge on any atom is 0.0640 e. The van der Waals surface area contributed by atoms with Crippen LogP contribution in [0.3, 0.4) is 0 Å². The zero-order chi connectivity index (χ0) is 10.7. The lowest BCUT2D eigenvalue weighted by Gasteiger charge is -2.27. The van der Waals surface area contributed by atoms with E-state index in [-0.39, 0.29) is 0 Å². The standard InChI is InChI=1S/C12H17ClN2/c1-2-14-8-10-7-6-9-4-3-5-11(13)12(9)15-10/h3-5,10,14-15H,2,6-8H2,1H3. The van der Waals surface area contributed by atoms with E-state index >= 15 is 0 Å². The topological polar surface area (TPSA) is 24.1 Å². The molecule has 1 atom stereocenters. The first kappa shape index (κ1) is 10.8. The third-order valence-corrected chi connectivity index (χ3v) is 3.17. The van der Waals surface area contributed by atoms with Gasteiger partial charge >= 0.3 is 0 Å². The quantitative estimate of drug-likeness (QED) is 0.825. The molecule has 0 amide bonds. The fraction of sp³-hybridized carbons (Fsp3) is 0.500. The average molecular weight is 225 g/mol. The summed E-state index contributed by atoms with van der Waals surface area (Å²) in [5, 5.41) is 7.71. The Kier molecular flexibility index (Phi) is 3.49. The van der Waals surface area contributed by atoms with Gasteiger partial charge in [-0.15, -0.1) is 0 Å². The number of benzene rings is 1. The number of nitrogens with one attached hydrogen (secondary N) is 2. The van der Waals surface area contributed by atoms with Crippen LogP contribution in [0.25, 0.3) is 0 Å². The third-order valence-electron chi connectivity index (χ3n) is 2.85. The smallest absolute Gasteiger partial charge is 0.0640 e. The maximum atomic E-state index is 6.16. The minimum absolute atomic E-state index is 0.511. The predicted molar refractivity (Wildman–Crippen MR) is 65.7 cm³/mol. The molecule has 1 aromatic rings. The van der Waals surface area contributed by atoms with Crippen molar-refractivity contribution in [2.45, 2.75) is 25.8 Å². The minimum Gasteiger partial charge on any atom is -0.380 e. The molecule has 82 valence electrons. The summed E-state index contributed by atoms with van der Waals surface area (Å²) < 4.78 is 0. The van der Waals surface area contributed by atoms with E-state index in [2.05, 4.69) is 23.6 Å². The zero-order valence-electron chi connectivity index (χ0n) is 9.02. The van der Waals surface area contributed by atoms with Crippen molar-refractivity contribution in [3.8, 4) is 0 Å². The Morgan fingerprint density at radius 2 is 2.40 bits per heavy atom. The van der Waals surface area contributed by atoms with Crippen molar-refractivity contribution >= 4 is 17.3 Å². The van der Waals surface area contributed by atoms with E-state index in [9.17, 15) is 0 Å². The summed E-state index contributed by atoms with van der Waals surface area (Å²) in [7, 11) is 0. The number of hydrogen-bond acceptors (Lipinski definition) is 2. The molecule has 15 heavy (non-hydrogen) atoms. The Morgan fingerprint density at radius 1 is 1.53 bits per heavy atom. The summed E-state index contributed by atoms with van der Waals surface area (Å²) in [6.45, 7) is 4.17. The Morgan fingerprint density at radius 3 is 3.20 bits per heavy atom. The van der Waals surface area contributed by atoms with Gasteiger partial charge in [0, 0.05) is 12.6 Å². The van der Waals surface area contributed by atoms with Crippen LogP contribution in [0.2, 0.25) is 5.02 Å². The van der Waals surface area contributed by atoms with Gasteiger partial charge in [-0.25, -0.2) is 0 Å². The molecule has 1 aliphatic rings. The lowest BCUT2D eigenvalue weighted by atomic mass is 9.98. The van der Waals surface area contributed by atoms with E-state index in [1.165, 1.54) is 12.0 Å². The van der Waals surface area contributed by atoms with Crippen molar-refractivity contribution in [2.75, 3.05) is 18.4 Å². The van der Waals surface area contributed by atoms with Crippen LogP contribution in [0, 0.1) is 0 Å². The monoisotopic (exact) mass is 224 g/mol. The number of anilines is 1. The highest BCUT2D eigenvalue weighted by atomic mass is 35.5. The van der Waals surface area contributed by atoms with Gasteiger partial charge in [0.15, 0.2) is 0 Å². The molecular formula is C12H17ClN2. The van der Waals surface area contributed by atoms with Crippen LogP contribution in [-0.2, 0) is 6.42 Å². The lowest BCUT2D eigenvalue weighted by molar-refractivity contribution is 0.571. The Bertz CT molecular complexity index is 338. The average Bonchev–Trinajstić information content (AvgIpc) is 2.27. The van der Waals surface area contributed by atoms with Crippen molar-refractivity contribution in [1.29, 1.82) is 0 Å². The highest BCUT2D eigenvalue weighted by molar-refractivity contribution is 6.33. The number of halogens is 1. The summed E-state index contributed by atoms with van der Waals surface area (Å²) >= 11 is 6.16. The number of likely N-dealkylation sites (N-methyl/N-ethyl adjacent to an activating group) is 1. The first-order valence-corrected chi connectivity index (χ1v) is 5.93. The molecule has 0 aromatic heterocycles. The van der Waals surface area contributed by atoms with Crippen LogP contribution >= 0.6 is 11.6 Å². The summed E-state index contributed by atoms with van der Waals surface area (Å²) in [5.74, 6) is 0. The molecule has 1 aromatic carbocycles. The normalized spacial score (nSPS) is 19.5. The van der Waals surface area contributed by atoms with Crippen LogP contribution in [0.5, 0.6) is 0 Å². The van der Waals surface area contributed by atoms with Crippen LogP contribution in [0.4, 0.5) is 5.69 Å². The fourth-order valence-electron chi connectivity index (χ4n) is 2.02. The van der Waals surface area contributed by atoms with Gasteiger partial charge in [0.2, 0.25) is 0 Å². The molecule has 1 aliphatic heterocycles. The summed E-state index contributed by atoms with van der Waals surface area (Å²) in [5.41, 5.74) is 2.48. The highest BCUT2D eigenvalue weighted by Gasteiger charge is 2.18. The Balaban J connectivity index is 2.08. The van der Waals surface area contributed by atoms with E-state index in [1.54, 1.807) is 0 Å². The van der Waals surface area contributed by atoms with Gasteiger partial charge in [-0.1, -0.05) is 30.7 Å². The van der Waals surface area contributed by atoms with Crippen molar-refractivity contribution in [3.05, 3.63) is 28.8 Å². The Labute approximate surface area is 96.0 Å². The van der Waals surface area contributed by atoms with E-state index in [0.717, 1.165) is 30.2 Å². The van der Waals surface area contributed by atoms with E-state index in [4.69, 9.17) is 11.6 Å². The van der Waals surface area contributed by atoms with Gasteiger partial charge in [0.1, 0.15) is 0 Å². The van der Waals surface area contributed by atoms with Gasteiger partial charge in [-0.3, -0.25) is 0 Å². The number of hydrogen-bond donors (Lipinski definition) is 2. The molecule has 0 saturated heterocycles. The molecule has 0 spiro atoms. The maximum absolute atomic E-state index is 6.16. The number of aryl methyl sites for hydroxylation is 1. The highest BCUT2D eigenvalue weighted by Crippen LogP contribution is 2.31. The zero-order valence-corrected chi connectivity index (χ0v) is 9.77. The molecule has 2 rings (SSSR count). The molecule has 0 aliphatic carbocycles. The van der Waals surface area contributed by atoms with Gasteiger partial charge in [0.25, 0.3) is 0 Å². The summed E-state index contributed by atoms with van der Waals surface area (Å²) in [6, 6.07) is 6.63. The molecule has 2 N–H and O–H groups in total. The van der Waals surface area contributed by atoms with Gasteiger partial charge in [-0.05, 0) is 31.0 Å². The van der Waals surface area contributed by atoms with Gasteiger partial charge in [0.05, 0.1) is 10.7 Å². The van der Waals surface area contributed by atoms with Crippen LogP contribution < -0.4 is 10.6 Å². The lowest BCUT2D eigenvalue weighted by Crippen LogP contribution is -2.35. The van der Waals surface area contributed by atoms with Gasteiger partial charge in [-0.2, -0.15) is 0 Å². The summed E-state index contributed by atoms with van der Waals surface area (Å²) in [4.78, 5) is 0. The second kappa shape index (κ2) is 4.86. The molecular weight excluding hydrogens is 208 g/mol. The second-order valence-corrected chi connectivity index (χ2v) is 4.37. The van der Waals surface area contributed by atoms with Crippen LogP contribution in [-0.4, -0.2) is 19.1 Å².